The van der Waals surface area contributed by atoms with Gasteiger partial charge in [0, 0.05) is 30.0 Å². The fraction of sp³-hybridized carbons (Fsp3) is 0.368. The summed E-state index contributed by atoms with van der Waals surface area (Å²) < 4.78 is 11.5. The van der Waals surface area contributed by atoms with E-state index in [0.29, 0.717) is 17.1 Å². The van der Waals surface area contributed by atoms with Crippen LogP contribution in [0.4, 0.5) is 0 Å². The van der Waals surface area contributed by atoms with E-state index in [1.807, 2.05) is 66.7 Å². The highest BCUT2D eigenvalue weighted by molar-refractivity contribution is 8.00. The quantitative estimate of drug-likeness (QED) is 0.170. The Morgan fingerprint density at radius 1 is 1.02 bits per heavy atom. The average molecular weight is 653 g/mol. The molecule has 3 aromatic carbocycles. The number of carbonyl (C=O) groups excluding carboxylic acids is 3. The zero-order valence-electron chi connectivity index (χ0n) is 27.2. The SMILES string of the molecule is CC(=O)OCC1=C(C(=O)OC(c2ccccc2)c2ccccc2)N2C(=O)[C@@H](N=Cc3cc(C(C)(C)C)c(O)c4c3CCCC4)[C@H]2SC1. The second-order valence-electron chi connectivity index (χ2n) is 13.2. The molecule has 1 fully saturated rings. The van der Waals surface area contributed by atoms with Crippen molar-refractivity contribution in [3.8, 4) is 5.75 Å². The Bertz CT molecular complexity index is 1710. The van der Waals surface area contributed by atoms with E-state index >= 15 is 0 Å². The molecule has 2 aliphatic heterocycles. The highest BCUT2D eigenvalue weighted by atomic mass is 32.2. The number of aliphatic imine (C=N–C) groups is 1. The van der Waals surface area contributed by atoms with Gasteiger partial charge in [0.25, 0.3) is 5.91 Å². The summed E-state index contributed by atoms with van der Waals surface area (Å²) in [4.78, 5) is 45.9. The first-order valence-electron chi connectivity index (χ1n) is 16.1. The third-order valence-electron chi connectivity index (χ3n) is 8.93. The highest BCUT2D eigenvalue weighted by Gasteiger charge is 2.54. The molecule has 2 atom stereocenters. The van der Waals surface area contributed by atoms with Gasteiger partial charge in [-0.1, -0.05) is 81.4 Å². The number of phenols is 1. The average Bonchev–Trinajstić information content (AvgIpc) is 3.07. The molecule has 9 heteroatoms. The van der Waals surface area contributed by atoms with Crippen LogP contribution >= 0.6 is 11.8 Å². The molecule has 1 N–H and O–H groups in total. The van der Waals surface area contributed by atoms with Gasteiger partial charge in [-0.3, -0.25) is 19.5 Å². The van der Waals surface area contributed by atoms with E-state index in [0.717, 1.165) is 59.1 Å². The summed E-state index contributed by atoms with van der Waals surface area (Å²) in [5, 5.41) is 10.7. The maximum absolute atomic E-state index is 14.1. The normalized spacial score (nSPS) is 19.3. The first kappa shape index (κ1) is 32.6. The molecule has 0 spiro atoms. The fourth-order valence-corrected chi connectivity index (χ4v) is 7.83. The third-order valence-corrected chi connectivity index (χ3v) is 10.3. The Morgan fingerprint density at radius 2 is 1.64 bits per heavy atom. The summed E-state index contributed by atoms with van der Waals surface area (Å²) in [5.41, 5.74) is 5.80. The van der Waals surface area contributed by atoms with Gasteiger partial charge in [0.2, 0.25) is 0 Å². The summed E-state index contributed by atoms with van der Waals surface area (Å²) >= 11 is 1.49. The lowest BCUT2D eigenvalue weighted by Crippen LogP contribution is -2.64. The number of phenolic OH excluding ortho intramolecular Hbond substituents is 1. The molecule has 0 radical (unpaired) electrons. The van der Waals surface area contributed by atoms with E-state index in [1.165, 1.54) is 23.6 Å². The molecular weight excluding hydrogens is 612 g/mol. The Hall–Kier alpha value is -4.37. The minimum atomic E-state index is -0.705. The third kappa shape index (κ3) is 6.59. The Labute approximate surface area is 279 Å². The van der Waals surface area contributed by atoms with Gasteiger partial charge < -0.3 is 14.6 Å². The van der Waals surface area contributed by atoms with Crippen molar-refractivity contribution in [3.63, 3.8) is 0 Å². The van der Waals surface area contributed by atoms with Crippen LogP contribution in [0.5, 0.6) is 5.75 Å². The molecule has 3 aromatic rings. The van der Waals surface area contributed by atoms with Crippen molar-refractivity contribution in [1.29, 1.82) is 0 Å². The maximum atomic E-state index is 14.1. The van der Waals surface area contributed by atoms with Crippen LogP contribution < -0.4 is 0 Å². The van der Waals surface area contributed by atoms with Crippen LogP contribution in [-0.4, -0.2) is 57.8 Å². The van der Waals surface area contributed by atoms with Crippen molar-refractivity contribution in [2.45, 2.75) is 76.3 Å². The Balaban J connectivity index is 1.31. The number of benzene rings is 3. The number of aromatic hydroxyl groups is 1. The molecule has 0 aromatic heterocycles. The van der Waals surface area contributed by atoms with Crippen LogP contribution in [0.2, 0.25) is 0 Å². The molecular formula is C38H40N2O6S. The van der Waals surface area contributed by atoms with Crippen LogP contribution in [0.1, 0.15) is 80.0 Å². The predicted molar refractivity (Wildman–Crippen MR) is 182 cm³/mol. The highest BCUT2D eigenvalue weighted by Crippen LogP contribution is 2.44. The van der Waals surface area contributed by atoms with Gasteiger partial charge >= 0.3 is 11.9 Å². The first-order valence-corrected chi connectivity index (χ1v) is 17.1. The molecule has 1 aliphatic carbocycles. The first-order chi connectivity index (χ1) is 22.5. The van der Waals surface area contributed by atoms with E-state index in [1.54, 1.807) is 6.21 Å². The van der Waals surface area contributed by atoms with Crippen LogP contribution in [0.15, 0.2) is 83.0 Å². The van der Waals surface area contributed by atoms with Crippen LogP contribution in [0.25, 0.3) is 0 Å². The summed E-state index contributed by atoms with van der Waals surface area (Å²) in [6.07, 6.45) is 4.79. The van der Waals surface area contributed by atoms with E-state index in [9.17, 15) is 19.5 Å². The number of hydrogen-bond donors (Lipinski definition) is 1. The maximum Gasteiger partial charge on any atom is 0.356 e. The van der Waals surface area contributed by atoms with Gasteiger partial charge in [0.15, 0.2) is 12.1 Å². The largest absolute Gasteiger partial charge is 0.507 e. The number of β-lactam (4-membered cyclic amide) rings is 1. The van der Waals surface area contributed by atoms with Crippen LogP contribution in [0, 0.1) is 0 Å². The van der Waals surface area contributed by atoms with E-state index < -0.39 is 29.5 Å². The van der Waals surface area contributed by atoms with Crippen LogP contribution in [-0.2, 0) is 42.1 Å². The number of nitrogens with zero attached hydrogens (tertiary/aromatic N) is 2. The molecule has 2 heterocycles. The van der Waals surface area contributed by atoms with Gasteiger partial charge in [-0.05, 0) is 65.0 Å². The number of fused-ring (bicyclic) bond motifs is 2. The van der Waals surface area contributed by atoms with Crippen molar-refractivity contribution < 1.29 is 29.0 Å². The number of hydrogen-bond acceptors (Lipinski definition) is 8. The number of rotatable bonds is 8. The number of thioether (sulfide) groups is 1. The van der Waals surface area contributed by atoms with E-state index in [-0.39, 0.29) is 23.6 Å². The number of amides is 1. The van der Waals surface area contributed by atoms with Crippen molar-refractivity contribution in [1.82, 2.24) is 4.90 Å². The lowest BCUT2D eigenvalue weighted by molar-refractivity contribution is -0.153. The summed E-state index contributed by atoms with van der Waals surface area (Å²) in [5.74, 6) is -0.703. The standard InChI is InChI=1S/C38H40N2O6S/c1-23(41)45-21-27-22-47-36-31(39-20-26-19-30(38(2,3)4)33(42)29-18-12-11-17-28(26)29)35(43)40(36)32(27)37(44)46-34(24-13-7-5-8-14-24)25-15-9-6-10-16-25/h5-10,13-16,19-20,31,34,36,42H,11-12,17-18,21-22H2,1-4H3/t31-,36-/m1/s1. The lowest BCUT2D eigenvalue weighted by Gasteiger charge is -2.48. The van der Waals surface area contributed by atoms with Crippen molar-refractivity contribution in [2.24, 2.45) is 4.99 Å². The number of esters is 2. The smallest absolute Gasteiger partial charge is 0.356 e. The minimum absolute atomic E-state index is 0.111. The summed E-state index contributed by atoms with van der Waals surface area (Å²) in [6.45, 7) is 7.42. The zero-order valence-corrected chi connectivity index (χ0v) is 28.0. The molecule has 6 rings (SSSR count). The summed E-state index contributed by atoms with van der Waals surface area (Å²) in [6, 6.07) is 20.2. The zero-order chi connectivity index (χ0) is 33.3. The molecule has 1 amide bonds. The molecule has 0 unspecified atom stereocenters. The molecule has 0 saturated carbocycles. The van der Waals surface area contributed by atoms with Crippen molar-refractivity contribution >= 4 is 35.8 Å². The van der Waals surface area contributed by atoms with Gasteiger partial charge in [-0.2, -0.15) is 0 Å². The fourth-order valence-electron chi connectivity index (χ4n) is 6.51. The molecule has 0 bridgehead atoms. The second kappa shape index (κ2) is 13.4. The van der Waals surface area contributed by atoms with Gasteiger partial charge in [-0.15, -0.1) is 11.8 Å². The lowest BCUT2D eigenvalue weighted by atomic mass is 9.79. The summed E-state index contributed by atoms with van der Waals surface area (Å²) in [7, 11) is 0. The second-order valence-corrected chi connectivity index (χ2v) is 14.4. The number of ether oxygens (including phenoxy) is 2. The molecule has 1 saturated heterocycles. The van der Waals surface area contributed by atoms with Gasteiger partial charge in [0.05, 0.1) is 0 Å². The van der Waals surface area contributed by atoms with Crippen LogP contribution in [0.3, 0.4) is 0 Å². The molecule has 47 heavy (non-hydrogen) atoms. The topological polar surface area (TPSA) is 106 Å². The van der Waals surface area contributed by atoms with E-state index in [2.05, 4.69) is 20.8 Å². The predicted octanol–water partition coefficient (Wildman–Crippen LogP) is 6.42. The monoisotopic (exact) mass is 652 g/mol. The molecule has 8 nitrogen and oxygen atoms in total. The minimum Gasteiger partial charge on any atom is -0.507 e. The van der Waals surface area contributed by atoms with Crippen molar-refractivity contribution in [2.75, 3.05) is 12.4 Å². The Morgan fingerprint density at radius 3 is 2.23 bits per heavy atom. The Kier molecular flexibility index (Phi) is 9.28. The number of carbonyl (C=O) groups is 3. The molecule has 244 valence electrons. The van der Waals surface area contributed by atoms with Crippen molar-refractivity contribution in [3.05, 3.63) is 111 Å². The van der Waals surface area contributed by atoms with E-state index in [4.69, 9.17) is 14.5 Å². The van der Waals surface area contributed by atoms with Gasteiger partial charge in [-0.25, -0.2) is 4.79 Å². The molecule has 3 aliphatic rings. The van der Waals surface area contributed by atoms with Gasteiger partial charge in [0.1, 0.15) is 23.4 Å².